The molecule has 2 N–H and O–H groups in total. The largest absolute Gasteiger partial charge is 0.393 e. The Bertz CT molecular complexity index is 647. The van der Waals surface area contributed by atoms with E-state index in [4.69, 9.17) is 0 Å². The minimum Gasteiger partial charge on any atom is -0.393 e. The van der Waals surface area contributed by atoms with Crippen LogP contribution < -0.4 is 0 Å². The van der Waals surface area contributed by atoms with Crippen LogP contribution in [0.3, 0.4) is 0 Å². The number of aliphatic hydroxyl groups is 1. The first-order valence-corrected chi connectivity index (χ1v) is 7.12. The molecule has 106 valence electrons. The van der Waals surface area contributed by atoms with E-state index in [1.165, 1.54) is 0 Å². The van der Waals surface area contributed by atoms with Crippen molar-refractivity contribution in [1.82, 2.24) is 9.88 Å². The average molecular weight is 272 g/mol. The summed E-state index contributed by atoms with van der Waals surface area (Å²) in [5.74, 6) is 0.205. The highest BCUT2D eigenvalue weighted by molar-refractivity contribution is 6.08. The Morgan fingerprint density at radius 3 is 2.90 bits per heavy atom. The molecule has 4 nitrogen and oxygen atoms in total. The van der Waals surface area contributed by atoms with Crippen LogP contribution in [0.25, 0.3) is 10.9 Å². The zero-order valence-electron chi connectivity index (χ0n) is 11.9. The summed E-state index contributed by atoms with van der Waals surface area (Å²) in [7, 11) is 0. The van der Waals surface area contributed by atoms with Crippen LogP contribution in [0.5, 0.6) is 0 Å². The Labute approximate surface area is 118 Å². The molecule has 4 heteroatoms. The summed E-state index contributed by atoms with van der Waals surface area (Å²) in [6.45, 7) is 5.18. The molecule has 0 saturated carbocycles. The monoisotopic (exact) mass is 272 g/mol. The fourth-order valence-electron chi connectivity index (χ4n) is 3.03. The molecule has 0 radical (unpaired) electrons. The van der Waals surface area contributed by atoms with Gasteiger partial charge in [0.1, 0.15) is 0 Å². The third kappa shape index (κ3) is 2.10. The van der Waals surface area contributed by atoms with E-state index in [9.17, 15) is 9.90 Å². The van der Waals surface area contributed by atoms with Crippen LogP contribution in [0, 0.1) is 12.8 Å². The number of benzene rings is 1. The van der Waals surface area contributed by atoms with Crippen LogP contribution >= 0.6 is 0 Å². The van der Waals surface area contributed by atoms with Crippen LogP contribution in [0.15, 0.2) is 24.3 Å². The summed E-state index contributed by atoms with van der Waals surface area (Å²) in [5, 5.41) is 10.8. The third-order valence-corrected chi connectivity index (χ3v) is 4.25. The fourth-order valence-corrected chi connectivity index (χ4v) is 3.03. The highest BCUT2D eigenvalue weighted by atomic mass is 16.3. The lowest BCUT2D eigenvalue weighted by molar-refractivity contribution is 0.0298. The van der Waals surface area contributed by atoms with Gasteiger partial charge in [0.2, 0.25) is 0 Å². The molecule has 1 saturated heterocycles. The van der Waals surface area contributed by atoms with E-state index in [1.54, 1.807) is 0 Å². The molecule has 20 heavy (non-hydrogen) atoms. The Balaban J connectivity index is 1.95. The number of rotatable bonds is 1. The van der Waals surface area contributed by atoms with Gasteiger partial charge in [-0.25, -0.2) is 0 Å². The summed E-state index contributed by atoms with van der Waals surface area (Å²) >= 11 is 0. The number of carbonyl (C=O) groups excluding carboxylic acids is 1. The molecular weight excluding hydrogens is 252 g/mol. The number of H-pyrrole nitrogens is 1. The first-order valence-electron chi connectivity index (χ1n) is 7.12. The Morgan fingerprint density at radius 1 is 1.40 bits per heavy atom. The predicted molar refractivity (Wildman–Crippen MR) is 78.7 cm³/mol. The number of nitrogens with zero attached hydrogens (tertiary/aromatic N) is 1. The number of amides is 1. The lowest BCUT2D eigenvalue weighted by Gasteiger charge is -2.34. The number of para-hydroxylation sites is 1. The van der Waals surface area contributed by atoms with Crippen LogP contribution in [0.2, 0.25) is 0 Å². The summed E-state index contributed by atoms with van der Waals surface area (Å²) in [4.78, 5) is 17.9. The number of carbonyl (C=O) groups is 1. The molecule has 1 aliphatic rings. The molecule has 1 aromatic carbocycles. The lowest BCUT2D eigenvalue weighted by atomic mass is 9.96. The molecule has 2 aromatic rings. The first-order chi connectivity index (χ1) is 9.58. The van der Waals surface area contributed by atoms with Gasteiger partial charge in [0, 0.05) is 29.7 Å². The van der Waals surface area contributed by atoms with E-state index < -0.39 is 0 Å². The summed E-state index contributed by atoms with van der Waals surface area (Å²) in [6.07, 6.45) is 0.372. The number of nitrogens with one attached hydrogen (secondary N) is 1. The Morgan fingerprint density at radius 2 is 2.15 bits per heavy atom. The Kier molecular flexibility index (Phi) is 3.26. The van der Waals surface area contributed by atoms with E-state index in [1.807, 2.05) is 43.0 Å². The molecule has 1 aromatic heterocycles. The molecule has 3 rings (SSSR count). The molecule has 0 aliphatic carbocycles. The van der Waals surface area contributed by atoms with Crippen LogP contribution in [-0.4, -0.2) is 40.1 Å². The van der Waals surface area contributed by atoms with Crippen molar-refractivity contribution in [2.75, 3.05) is 13.1 Å². The second-order valence-corrected chi connectivity index (χ2v) is 5.76. The number of aromatic amines is 1. The van der Waals surface area contributed by atoms with Crippen molar-refractivity contribution in [3.8, 4) is 0 Å². The zero-order chi connectivity index (χ0) is 14.3. The van der Waals surface area contributed by atoms with Crippen LogP contribution in [-0.2, 0) is 0 Å². The molecule has 0 bridgehead atoms. The number of aryl methyl sites for hydroxylation is 1. The van der Waals surface area contributed by atoms with E-state index in [-0.39, 0.29) is 17.9 Å². The minimum atomic E-state index is -0.289. The molecular formula is C16H20N2O2. The summed E-state index contributed by atoms with van der Waals surface area (Å²) in [6, 6.07) is 7.89. The average Bonchev–Trinajstić information content (AvgIpc) is 2.77. The van der Waals surface area contributed by atoms with E-state index >= 15 is 0 Å². The maximum atomic E-state index is 12.8. The van der Waals surface area contributed by atoms with Gasteiger partial charge in [-0.1, -0.05) is 25.1 Å². The normalized spacial score (nSPS) is 23.2. The molecule has 1 amide bonds. The van der Waals surface area contributed by atoms with Crippen molar-refractivity contribution < 1.29 is 9.90 Å². The zero-order valence-corrected chi connectivity index (χ0v) is 11.9. The van der Waals surface area contributed by atoms with Crippen molar-refractivity contribution in [3.05, 3.63) is 35.5 Å². The second kappa shape index (κ2) is 4.94. The summed E-state index contributed by atoms with van der Waals surface area (Å²) in [5.41, 5.74) is 2.68. The molecule has 1 aliphatic heterocycles. The first kappa shape index (κ1) is 13.2. The lowest BCUT2D eigenvalue weighted by Crippen LogP contribution is -2.45. The smallest absolute Gasteiger partial charge is 0.256 e. The van der Waals surface area contributed by atoms with Gasteiger partial charge in [-0.15, -0.1) is 0 Å². The minimum absolute atomic E-state index is 0.0682. The van der Waals surface area contributed by atoms with Gasteiger partial charge in [-0.2, -0.15) is 0 Å². The maximum Gasteiger partial charge on any atom is 0.256 e. The van der Waals surface area contributed by atoms with Crippen LogP contribution in [0.4, 0.5) is 0 Å². The Hall–Kier alpha value is -1.81. The number of hydrogen-bond acceptors (Lipinski definition) is 2. The number of fused-ring (bicyclic) bond motifs is 1. The van der Waals surface area contributed by atoms with Crippen molar-refractivity contribution in [1.29, 1.82) is 0 Å². The quantitative estimate of drug-likeness (QED) is 0.837. The molecule has 1 fully saturated rings. The standard InChI is InChI=1S/C16H20N2O2/c1-10-9-18(8-7-14(10)19)16(20)15-11(2)17-13-6-4-3-5-12(13)15/h3-6,10,14,17,19H,7-9H2,1-2H3. The fraction of sp³-hybridized carbons (Fsp3) is 0.438. The van der Waals surface area contributed by atoms with Gasteiger partial charge >= 0.3 is 0 Å². The molecule has 2 atom stereocenters. The number of hydrogen-bond donors (Lipinski definition) is 2. The van der Waals surface area contributed by atoms with Crippen molar-refractivity contribution >= 4 is 16.8 Å². The van der Waals surface area contributed by atoms with Crippen LogP contribution in [0.1, 0.15) is 29.4 Å². The predicted octanol–water partition coefficient (Wildman–Crippen LogP) is 2.32. The van der Waals surface area contributed by atoms with Crippen molar-refractivity contribution in [2.45, 2.75) is 26.4 Å². The summed E-state index contributed by atoms with van der Waals surface area (Å²) < 4.78 is 0. The third-order valence-electron chi connectivity index (χ3n) is 4.25. The number of piperidine rings is 1. The van der Waals surface area contributed by atoms with Crippen molar-refractivity contribution in [3.63, 3.8) is 0 Å². The number of aromatic nitrogens is 1. The highest BCUT2D eigenvalue weighted by Gasteiger charge is 2.29. The SMILES string of the molecule is Cc1[nH]c2ccccc2c1C(=O)N1CCC(O)C(C)C1. The van der Waals surface area contributed by atoms with Gasteiger partial charge < -0.3 is 15.0 Å². The van der Waals surface area contributed by atoms with Crippen molar-refractivity contribution in [2.24, 2.45) is 5.92 Å². The van der Waals surface area contributed by atoms with E-state index in [2.05, 4.69) is 4.98 Å². The maximum absolute atomic E-state index is 12.8. The number of likely N-dealkylation sites (tertiary alicyclic amines) is 1. The second-order valence-electron chi connectivity index (χ2n) is 5.76. The molecule has 2 heterocycles. The van der Waals surface area contributed by atoms with Gasteiger partial charge in [0.25, 0.3) is 5.91 Å². The number of aliphatic hydroxyl groups excluding tert-OH is 1. The molecule has 2 unspecified atom stereocenters. The van der Waals surface area contributed by atoms with Gasteiger partial charge in [0.15, 0.2) is 0 Å². The van der Waals surface area contributed by atoms with Gasteiger partial charge in [0.05, 0.1) is 11.7 Å². The van der Waals surface area contributed by atoms with Gasteiger partial charge in [-0.05, 0) is 25.3 Å². The van der Waals surface area contributed by atoms with Gasteiger partial charge in [-0.3, -0.25) is 4.79 Å². The van der Waals surface area contributed by atoms with E-state index in [0.29, 0.717) is 19.5 Å². The molecule has 0 spiro atoms. The van der Waals surface area contributed by atoms with E-state index in [0.717, 1.165) is 22.2 Å². The topological polar surface area (TPSA) is 56.3 Å². The highest BCUT2D eigenvalue weighted by Crippen LogP contribution is 2.25.